The lowest BCUT2D eigenvalue weighted by Crippen LogP contribution is -2.47. The zero-order valence-electron chi connectivity index (χ0n) is 13.8. The van der Waals surface area contributed by atoms with Crippen molar-refractivity contribution in [3.05, 3.63) is 57.8 Å². The normalized spacial score (nSPS) is 14.0. The number of aromatic nitrogens is 1. The highest BCUT2D eigenvalue weighted by molar-refractivity contribution is 5.94. The summed E-state index contributed by atoms with van der Waals surface area (Å²) in [4.78, 5) is 30.3. The molecule has 2 N–H and O–H groups in total. The maximum atomic E-state index is 11.4. The molecule has 0 radical (unpaired) electrons. The standard InChI is InChI=1S/C17H16N6O3/c18-11-13-2-1-5-20-17(13)22-8-6-21(7-9-22)14-4-3-12(16(19)24)10-15(14)23(25)26/h1-5,10H,6-9H2,(H2,19,24). The van der Waals surface area contributed by atoms with E-state index in [2.05, 4.69) is 11.1 Å². The van der Waals surface area contributed by atoms with E-state index in [0.717, 1.165) is 0 Å². The van der Waals surface area contributed by atoms with Gasteiger partial charge in [0.05, 0.1) is 10.5 Å². The number of primary amides is 1. The Labute approximate surface area is 149 Å². The van der Waals surface area contributed by atoms with Gasteiger partial charge in [-0.15, -0.1) is 0 Å². The molecule has 132 valence electrons. The highest BCUT2D eigenvalue weighted by Crippen LogP contribution is 2.30. The monoisotopic (exact) mass is 352 g/mol. The summed E-state index contributed by atoms with van der Waals surface area (Å²) in [5.41, 5.74) is 6.10. The van der Waals surface area contributed by atoms with Gasteiger partial charge in [-0.2, -0.15) is 5.26 Å². The van der Waals surface area contributed by atoms with Gasteiger partial charge in [-0.1, -0.05) is 0 Å². The molecule has 2 aromatic rings. The van der Waals surface area contributed by atoms with Crippen molar-refractivity contribution in [1.29, 1.82) is 5.26 Å². The average Bonchev–Trinajstić information content (AvgIpc) is 2.67. The van der Waals surface area contributed by atoms with Crippen LogP contribution in [-0.4, -0.2) is 42.0 Å². The number of amides is 1. The van der Waals surface area contributed by atoms with Crippen molar-refractivity contribution in [3.8, 4) is 6.07 Å². The number of benzene rings is 1. The van der Waals surface area contributed by atoms with Crippen LogP contribution in [0.1, 0.15) is 15.9 Å². The van der Waals surface area contributed by atoms with Crippen LogP contribution in [0, 0.1) is 21.4 Å². The summed E-state index contributed by atoms with van der Waals surface area (Å²) in [6, 6.07) is 9.79. The van der Waals surface area contributed by atoms with Gasteiger partial charge in [0.1, 0.15) is 17.6 Å². The molecule has 2 heterocycles. The molecular formula is C17H16N6O3. The number of nitrogens with two attached hydrogens (primary N) is 1. The molecule has 1 aromatic heterocycles. The molecule has 1 aliphatic rings. The summed E-state index contributed by atoms with van der Waals surface area (Å²) in [5, 5.41) is 20.6. The number of carbonyl (C=O) groups excluding carboxylic acids is 1. The van der Waals surface area contributed by atoms with E-state index in [4.69, 9.17) is 5.73 Å². The highest BCUT2D eigenvalue weighted by atomic mass is 16.6. The van der Waals surface area contributed by atoms with E-state index in [9.17, 15) is 20.2 Å². The number of nitrogens with zero attached hydrogens (tertiary/aromatic N) is 5. The number of nitro groups is 1. The Morgan fingerprint density at radius 2 is 1.92 bits per heavy atom. The number of rotatable bonds is 4. The Morgan fingerprint density at radius 3 is 2.54 bits per heavy atom. The SMILES string of the molecule is N#Cc1cccnc1N1CCN(c2ccc(C(N)=O)cc2[N+](=O)[O-])CC1. The van der Waals surface area contributed by atoms with E-state index in [0.29, 0.717) is 43.2 Å². The van der Waals surface area contributed by atoms with Crippen LogP contribution in [0.3, 0.4) is 0 Å². The molecule has 0 aliphatic carbocycles. The van der Waals surface area contributed by atoms with Gasteiger partial charge < -0.3 is 15.5 Å². The molecule has 0 spiro atoms. The van der Waals surface area contributed by atoms with Crippen molar-refractivity contribution >= 4 is 23.1 Å². The summed E-state index contributed by atoms with van der Waals surface area (Å²) in [7, 11) is 0. The molecule has 1 saturated heterocycles. The van der Waals surface area contributed by atoms with E-state index in [1.807, 2.05) is 9.80 Å². The molecule has 1 amide bonds. The zero-order chi connectivity index (χ0) is 18.7. The average molecular weight is 352 g/mol. The predicted octanol–water partition coefficient (Wildman–Crippen LogP) is 1.29. The molecule has 1 fully saturated rings. The molecule has 9 nitrogen and oxygen atoms in total. The third kappa shape index (κ3) is 3.25. The van der Waals surface area contributed by atoms with Crippen LogP contribution < -0.4 is 15.5 Å². The highest BCUT2D eigenvalue weighted by Gasteiger charge is 2.26. The first-order valence-corrected chi connectivity index (χ1v) is 7.94. The van der Waals surface area contributed by atoms with Crippen molar-refractivity contribution in [2.24, 2.45) is 5.73 Å². The number of nitriles is 1. The fraction of sp³-hybridized carbons (Fsp3) is 0.235. The number of nitro benzene ring substituents is 1. The van der Waals surface area contributed by atoms with Gasteiger partial charge in [-0.3, -0.25) is 14.9 Å². The topological polar surface area (TPSA) is 129 Å². The summed E-state index contributed by atoms with van der Waals surface area (Å²) >= 11 is 0. The van der Waals surface area contributed by atoms with Crippen molar-refractivity contribution < 1.29 is 9.72 Å². The van der Waals surface area contributed by atoms with Crippen LogP contribution in [0.5, 0.6) is 0 Å². The second-order valence-corrected chi connectivity index (χ2v) is 5.79. The number of anilines is 2. The Kier molecular flexibility index (Phi) is 4.66. The number of hydrogen-bond donors (Lipinski definition) is 1. The summed E-state index contributed by atoms with van der Waals surface area (Å²) in [6.45, 7) is 2.19. The smallest absolute Gasteiger partial charge is 0.293 e. The molecule has 0 unspecified atom stereocenters. The minimum atomic E-state index is -0.705. The Bertz CT molecular complexity index is 900. The molecule has 1 aromatic carbocycles. The van der Waals surface area contributed by atoms with Gasteiger partial charge in [0.2, 0.25) is 5.91 Å². The molecule has 3 rings (SSSR count). The van der Waals surface area contributed by atoms with Crippen molar-refractivity contribution in [1.82, 2.24) is 4.98 Å². The van der Waals surface area contributed by atoms with Crippen molar-refractivity contribution in [2.75, 3.05) is 36.0 Å². The van der Waals surface area contributed by atoms with Gasteiger partial charge in [-0.05, 0) is 24.3 Å². The minimum absolute atomic E-state index is 0.103. The van der Waals surface area contributed by atoms with Crippen LogP contribution in [-0.2, 0) is 0 Å². The van der Waals surface area contributed by atoms with Crippen LogP contribution in [0.25, 0.3) is 0 Å². The largest absolute Gasteiger partial charge is 0.366 e. The molecule has 0 bridgehead atoms. The lowest BCUT2D eigenvalue weighted by atomic mass is 10.1. The maximum Gasteiger partial charge on any atom is 0.293 e. The third-order valence-corrected chi connectivity index (χ3v) is 4.28. The second-order valence-electron chi connectivity index (χ2n) is 5.79. The Hall–Kier alpha value is -3.67. The van der Waals surface area contributed by atoms with Gasteiger partial charge in [0.15, 0.2) is 0 Å². The van der Waals surface area contributed by atoms with Gasteiger partial charge >= 0.3 is 0 Å². The van der Waals surface area contributed by atoms with Crippen LogP contribution in [0.15, 0.2) is 36.5 Å². The maximum absolute atomic E-state index is 11.4. The first-order chi connectivity index (χ1) is 12.5. The molecule has 0 saturated carbocycles. The Balaban J connectivity index is 1.81. The van der Waals surface area contributed by atoms with Gasteiger partial charge in [-0.25, -0.2) is 4.98 Å². The Morgan fingerprint density at radius 1 is 1.23 bits per heavy atom. The number of piperazine rings is 1. The summed E-state index contributed by atoms with van der Waals surface area (Å²) < 4.78 is 0. The van der Waals surface area contributed by atoms with Crippen molar-refractivity contribution in [3.63, 3.8) is 0 Å². The lowest BCUT2D eigenvalue weighted by molar-refractivity contribution is -0.384. The number of pyridine rings is 1. The first-order valence-electron chi connectivity index (χ1n) is 7.94. The number of hydrogen-bond acceptors (Lipinski definition) is 7. The third-order valence-electron chi connectivity index (χ3n) is 4.28. The quantitative estimate of drug-likeness (QED) is 0.648. The molecule has 1 aliphatic heterocycles. The van der Waals surface area contributed by atoms with E-state index in [-0.39, 0.29) is 11.3 Å². The van der Waals surface area contributed by atoms with Crippen LogP contribution >= 0.6 is 0 Å². The predicted molar refractivity (Wildman–Crippen MR) is 95.0 cm³/mol. The van der Waals surface area contributed by atoms with E-state index >= 15 is 0 Å². The van der Waals surface area contributed by atoms with E-state index in [1.54, 1.807) is 24.4 Å². The first kappa shape index (κ1) is 17.2. The summed E-state index contributed by atoms with van der Waals surface area (Å²) in [5.74, 6) is -0.0862. The van der Waals surface area contributed by atoms with E-state index < -0.39 is 10.8 Å². The molecule has 0 atom stereocenters. The van der Waals surface area contributed by atoms with Gasteiger partial charge in [0, 0.05) is 44.0 Å². The molecule has 9 heteroatoms. The molecular weight excluding hydrogens is 336 g/mol. The lowest BCUT2D eigenvalue weighted by Gasteiger charge is -2.36. The van der Waals surface area contributed by atoms with Crippen LogP contribution in [0.2, 0.25) is 0 Å². The van der Waals surface area contributed by atoms with E-state index in [1.165, 1.54) is 12.1 Å². The van der Waals surface area contributed by atoms with Crippen LogP contribution in [0.4, 0.5) is 17.2 Å². The van der Waals surface area contributed by atoms with Crippen molar-refractivity contribution in [2.45, 2.75) is 0 Å². The fourth-order valence-electron chi connectivity index (χ4n) is 2.99. The summed E-state index contributed by atoms with van der Waals surface area (Å²) in [6.07, 6.45) is 1.63. The molecule has 26 heavy (non-hydrogen) atoms. The zero-order valence-corrected chi connectivity index (χ0v) is 13.8. The van der Waals surface area contributed by atoms with Gasteiger partial charge in [0.25, 0.3) is 5.69 Å². The number of carbonyl (C=O) groups is 1. The second kappa shape index (κ2) is 7.06. The fourth-order valence-corrected chi connectivity index (χ4v) is 2.99. The minimum Gasteiger partial charge on any atom is -0.366 e.